The number of rotatable bonds is 2. The highest BCUT2D eigenvalue weighted by atomic mass is 35.5. The standard InChI is InChI=1S/C9H9ClF2O.3C9H9N.C9H8S.2C8H8ClF.2C8H9Cl.C7H6ClF.CH4/c1-6-3-4-8(7(10)5-6)13-9(2,11)12;1-7-2-3-8-5-10-6-9(8)4-7;1-8-4-5-9-3-2-6-10(9)7-8;1-8-4-6-10-5-2-3-9(10)7-8;1-7-2-3-8-4-5-10-9(8)6-7;2*1-5-3-4-6(2)8(10)7(5)9;2*1-6-3-4-7(2)8(9)5-6;1-5-3-2-4-6(8)7(5)9;/h3-5H,1-2H3;2-4,6H,5H2,1H3;2*2-7H,1H3;2-6H,1H3;2*3-4H,1-2H3;2*3-5H,1-2H3;2-4H,1H3;1H4. The van der Waals surface area contributed by atoms with Crippen molar-refractivity contribution < 1.29 is 26.7 Å². The Morgan fingerprint density at radius 2 is 0.871 bits per heavy atom. The average Bonchev–Trinajstić information content (AvgIpc) is 1.82. The van der Waals surface area contributed by atoms with Gasteiger partial charge in [-0.25, -0.2) is 13.2 Å². The smallest absolute Gasteiger partial charge is 0.394 e. The van der Waals surface area contributed by atoms with Crippen LogP contribution in [0, 0.1) is 114 Å². The van der Waals surface area contributed by atoms with Crippen molar-refractivity contribution in [3.05, 3.63) is 355 Å². The van der Waals surface area contributed by atoms with Gasteiger partial charge in [-0.1, -0.05) is 186 Å². The van der Waals surface area contributed by atoms with E-state index in [4.69, 9.17) is 69.6 Å². The quantitative estimate of drug-likeness (QED) is 0.159. The van der Waals surface area contributed by atoms with E-state index in [1.807, 2.05) is 65.1 Å². The Morgan fingerprint density at radius 1 is 0.406 bits per heavy atom. The van der Waals surface area contributed by atoms with Gasteiger partial charge in [0.25, 0.3) is 0 Å². The van der Waals surface area contributed by atoms with Gasteiger partial charge in [0.05, 0.1) is 26.6 Å². The average molecular weight is 1510 g/mol. The molecule has 1 aliphatic rings. The van der Waals surface area contributed by atoms with Crippen LogP contribution < -0.4 is 4.74 Å². The molecule has 0 saturated heterocycles. The zero-order valence-corrected chi connectivity index (χ0v) is 64.2. The summed E-state index contributed by atoms with van der Waals surface area (Å²) < 4.78 is 73.1. The molecule has 532 valence electrons. The Balaban J connectivity index is 0.000000238. The number of aryl methyl sites for hydroxylation is 14. The number of aliphatic imine (C=N–C) groups is 1. The van der Waals surface area contributed by atoms with Crippen LogP contribution in [0.2, 0.25) is 30.1 Å². The van der Waals surface area contributed by atoms with Gasteiger partial charge in [-0.15, -0.1) is 11.3 Å². The molecule has 5 aromatic heterocycles. The van der Waals surface area contributed by atoms with Crippen molar-refractivity contribution in [1.82, 2.24) is 8.80 Å². The maximum Gasteiger partial charge on any atom is 0.394 e. The molecule has 0 fully saturated rings. The molecule has 0 atom stereocenters. The minimum absolute atomic E-state index is 0. The molecule has 0 spiro atoms. The highest BCUT2D eigenvalue weighted by molar-refractivity contribution is 7.17. The van der Waals surface area contributed by atoms with Crippen LogP contribution in [0.5, 0.6) is 5.75 Å². The maximum atomic E-state index is 12.9. The highest BCUT2D eigenvalue weighted by Gasteiger charge is 2.24. The Bertz CT molecular complexity index is 4450. The molecular weight excluding hydrogens is 1420 g/mol. The predicted molar refractivity (Wildman–Crippen MR) is 427 cm³/mol. The van der Waals surface area contributed by atoms with E-state index in [0.717, 1.165) is 44.4 Å². The molecular formula is C85H88Cl6F5N3OS. The van der Waals surface area contributed by atoms with E-state index in [1.165, 1.54) is 77.8 Å². The van der Waals surface area contributed by atoms with Gasteiger partial charge in [-0.2, -0.15) is 8.78 Å². The third-order valence-corrected chi connectivity index (χ3v) is 18.1. The third-order valence-electron chi connectivity index (χ3n) is 14.9. The van der Waals surface area contributed by atoms with E-state index in [1.54, 1.807) is 94.5 Å². The van der Waals surface area contributed by atoms with Gasteiger partial charge < -0.3 is 13.5 Å². The number of nitrogens with zero attached hydrogens (tertiary/aromatic N) is 3. The molecule has 0 radical (unpaired) electrons. The number of alkyl halides is 2. The van der Waals surface area contributed by atoms with Crippen LogP contribution in [-0.2, 0) is 6.54 Å². The van der Waals surface area contributed by atoms with Crippen LogP contribution in [0.15, 0.2) is 223 Å². The van der Waals surface area contributed by atoms with Crippen molar-refractivity contribution in [1.29, 1.82) is 0 Å². The summed E-state index contributed by atoms with van der Waals surface area (Å²) >= 11 is 35.8. The summed E-state index contributed by atoms with van der Waals surface area (Å²) in [6.45, 7) is 28.5. The number of hydrogen-bond donors (Lipinski definition) is 0. The first-order valence-electron chi connectivity index (χ1n) is 31.8. The second-order valence-corrected chi connectivity index (χ2v) is 27.4. The molecule has 14 rings (SSSR count). The summed E-state index contributed by atoms with van der Waals surface area (Å²) in [4.78, 5) is 4.17. The van der Waals surface area contributed by atoms with Gasteiger partial charge in [-0.05, 0) is 276 Å². The molecule has 1 aliphatic heterocycles. The molecule has 4 nitrogen and oxygen atoms in total. The van der Waals surface area contributed by atoms with Crippen molar-refractivity contribution in [3.8, 4) is 5.75 Å². The topological polar surface area (TPSA) is 30.4 Å². The van der Waals surface area contributed by atoms with Crippen LogP contribution in [-0.4, -0.2) is 21.1 Å². The molecule has 0 aliphatic carbocycles. The van der Waals surface area contributed by atoms with Gasteiger partial charge in [0.15, 0.2) is 0 Å². The molecule has 6 heterocycles. The molecule has 13 aromatic rings. The number of fused-ring (bicyclic) bond motifs is 4. The summed E-state index contributed by atoms with van der Waals surface area (Å²) in [7, 11) is 0. The summed E-state index contributed by atoms with van der Waals surface area (Å²) in [5.74, 6) is -0.928. The van der Waals surface area contributed by atoms with Crippen LogP contribution in [0.4, 0.5) is 22.0 Å². The van der Waals surface area contributed by atoms with E-state index in [9.17, 15) is 22.0 Å². The Morgan fingerprint density at radius 3 is 1.40 bits per heavy atom. The number of aromatic nitrogens is 2. The Hall–Kier alpha value is -7.90. The zero-order valence-electron chi connectivity index (χ0n) is 58.9. The minimum atomic E-state index is -3.20. The van der Waals surface area contributed by atoms with E-state index >= 15 is 0 Å². The van der Waals surface area contributed by atoms with Gasteiger partial charge >= 0.3 is 6.11 Å². The minimum Gasteiger partial charge on any atom is -0.431 e. The van der Waals surface area contributed by atoms with E-state index in [-0.39, 0.29) is 50.7 Å². The first kappa shape index (κ1) is 85.5. The molecule has 0 amide bonds. The molecule has 16 heteroatoms. The molecule has 0 unspecified atom stereocenters. The third kappa shape index (κ3) is 29.2. The number of ether oxygens (including phenoxy) is 1. The van der Waals surface area contributed by atoms with E-state index in [0.29, 0.717) is 23.6 Å². The summed E-state index contributed by atoms with van der Waals surface area (Å²) in [6.07, 6.45) is 7.05. The van der Waals surface area contributed by atoms with Crippen LogP contribution in [0.25, 0.3) is 21.1 Å². The first-order chi connectivity index (χ1) is 47.2. The molecule has 0 bridgehead atoms. The van der Waals surface area contributed by atoms with Crippen LogP contribution in [0.3, 0.4) is 0 Å². The normalized spacial score (nSPS) is 10.5. The van der Waals surface area contributed by atoms with Gasteiger partial charge in [0.2, 0.25) is 0 Å². The van der Waals surface area contributed by atoms with Crippen molar-refractivity contribution in [3.63, 3.8) is 0 Å². The van der Waals surface area contributed by atoms with Crippen molar-refractivity contribution in [2.45, 2.75) is 124 Å². The second-order valence-electron chi connectivity index (χ2n) is 24.1. The summed E-state index contributed by atoms with van der Waals surface area (Å²) in [5.41, 5.74) is 19.4. The SMILES string of the molecule is C.Cc1ccc(C)c(Cl)c1.Cc1ccc(C)c(Cl)c1.Cc1ccc(C)c(Cl)c1F.Cc1ccc(C)c(Cl)c1F.Cc1ccc(OC(C)(F)F)c(Cl)c1.Cc1ccc2c(c1)C=NC2.Cc1ccc2cccn2c1.Cc1ccc2ccsc2c1.Cc1cccc(Cl)c1F.Cc1ccn2cccc2c1. The molecule has 0 N–H and O–H groups in total. The van der Waals surface area contributed by atoms with Crippen molar-refractivity contribution >= 4 is 108 Å². The molecule has 8 aromatic carbocycles. The second kappa shape index (κ2) is 41.9. The van der Waals surface area contributed by atoms with Gasteiger partial charge in [-0.3, -0.25) is 4.99 Å². The van der Waals surface area contributed by atoms with Gasteiger partial charge in [0.1, 0.15) is 23.2 Å². The zero-order chi connectivity index (χ0) is 74.0. The van der Waals surface area contributed by atoms with Crippen molar-refractivity contribution in [2.24, 2.45) is 4.99 Å². The van der Waals surface area contributed by atoms with E-state index < -0.39 is 6.11 Å². The van der Waals surface area contributed by atoms with Gasteiger partial charge in [0, 0.05) is 63.7 Å². The monoisotopic (exact) mass is 1500 g/mol. The summed E-state index contributed by atoms with van der Waals surface area (Å²) in [6, 6.07) is 60.7. The Kier molecular flexibility index (Phi) is 35.5. The lowest BCUT2D eigenvalue weighted by Crippen LogP contribution is -2.19. The maximum absolute atomic E-state index is 12.9. The fourth-order valence-corrected chi connectivity index (χ4v) is 11.2. The van der Waals surface area contributed by atoms with Crippen LogP contribution >= 0.6 is 80.9 Å². The number of thiophene rings is 1. The predicted octanol–water partition coefficient (Wildman–Crippen LogP) is 28.8. The fourth-order valence-electron chi connectivity index (χ4n) is 8.95. The van der Waals surface area contributed by atoms with Crippen LogP contribution in [0.1, 0.15) is 103 Å². The number of pyridine rings is 2. The summed E-state index contributed by atoms with van der Waals surface area (Å²) in [5, 5.41) is 6.06. The van der Waals surface area contributed by atoms with Crippen molar-refractivity contribution in [2.75, 3.05) is 0 Å². The fraction of sp³-hybridized carbons (Fsp3) is 0.212. The number of hydrogen-bond acceptors (Lipinski definition) is 3. The largest absolute Gasteiger partial charge is 0.431 e. The first-order valence-corrected chi connectivity index (χ1v) is 35.0. The van der Waals surface area contributed by atoms with E-state index in [2.05, 4.69) is 180 Å². The highest BCUT2D eigenvalue weighted by Crippen LogP contribution is 2.30. The number of benzene rings is 8. The lowest BCUT2D eigenvalue weighted by molar-refractivity contribution is -0.158. The molecule has 0 saturated carbocycles. The lowest BCUT2D eigenvalue weighted by Gasteiger charge is -2.14. The Labute approximate surface area is 628 Å². The molecule has 101 heavy (non-hydrogen) atoms. The lowest BCUT2D eigenvalue weighted by atomic mass is 10.1. The number of halogens is 11.